The van der Waals surface area contributed by atoms with Crippen LogP contribution in [-0.4, -0.2) is 17.0 Å². The molecule has 1 aromatic heterocycles. The van der Waals surface area contributed by atoms with Crippen molar-refractivity contribution in [3.05, 3.63) is 40.2 Å². The van der Waals surface area contributed by atoms with E-state index < -0.39 is 0 Å². The quantitative estimate of drug-likeness (QED) is 0.922. The molecule has 1 aromatic carbocycles. The molecule has 0 unspecified atom stereocenters. The van der Waals surface area contributed by atoms with Crippen LogP contribution in [0.1, 0.15) is 19.0 Å². The number of aromatic nitrogens is 2. The molecule has 1 N–H and O–H groups in total. The Morgan fingerprint density at radius 3 is 2.68 bits per heavy atom. The van der Waals surface area contributed by atoms with Gasteiger partial charge in [0.1, 0.15) is 11.6 Å². The van der Waals surface area contributed by atoms with Crippen LogP contribution < -0.4 is 5.32 Å². The van der Waals surface area contributed by atoms with Gasteiger partial charge in [-0.2, -0.15) is 0 Å². The first-order chi connectivity index (χ1) is 9.13. The first kappa shape index (κ1) is 13.9. The molecule has 0 spiro atoms. The molecular weight excluding hydrogens is 309 g/mol. The second kappa shape index (κ2) is 6.10. The zero-order chi connectivity index (χ0) is 13.8. The summed E-state index contributed by atoms with van der Waals surface area (Å²) >= 11 is 3.35. The lowest BCUT2D eigenvalue weighted by molar-refractivity contribution is 0.627. The zero-order valence-corrected chi connectivity index (χ0v) is 12.5. The SMILES string of the molecule is CCCc1cc(NC)nc(-c2ccc(F)cc2Br)n1. The molecule has 3 nitrogen and oxygen atoms in total. The van der Waals surface area contributed by atoms with E-state index in [1.165, 1.54) is 12.1 Å². The fourth-order valence-electron chi connectivity index (χ4n) is 1.80. The van der Waals surface area contributed by atoms with Crippen molar-refractivity contribution in [1.29, 1.82) is 0 Å². The van der Waals surface area contributed by atoms with Crippen LogP contribution in [0.4, 0.5) is 10.2 Å². The van der Waals surface area contributed by atoms with Crippen molar-refractivity contribution in [2.75, 3.05) is 12.4 Å². The van der Waals surface area contributed by atoms with Crippen LogP contribution in [0.5, 0.6) is 0 Å². The van der Waals surface area contributed by atoms with E-state index in [0.29, 0.717) is 10.3 Å². The first-order valence-corrected chi connectivity index (χ1v) is 6.94. The van der Waals surface area contributed by atoms with Gasteiger partial charge in [-0.25, -0.2) is 14.4 Å². The predicted octanol–water partition coefficient (Wildman–Crippen LogP) is 4.04. The van der Waals surface area contributed by atoms with E-state index in [1.54, 1.807) is 6.07 Å². The highest BCUT2D eigenvalue weighted by molar-refractivity contribution is 9.10. The summed E-state index contributed by atoms with van der Waals surface area (Å²) in [4.78, 5) is 8.95. The molecule has 2 rings (SSSR count). The maximum absolute atomic E-state index is 13.1. The van der Waals surface area contributed by atoms with E-state index in [2.05, 4.69) is 38.1 Å². The maximum Gasteiger partial charge on any atom is 0.162 e. The van der Waals surface area contributed by atoms with E-state index in [4.69, 9.17) is 0 Å². The third-order valence-electron chi connectivity index (χ3n) is 2.71. The van der Waals surface area contributed by atoms with E-state index in [-0.39, 0.29) is 5.82 Å². The van der Waals surface area contributed by atoms with Crippen LogP contribution in [0.25, 0.3) is 11.4 Å². The molecule has 100 valence electrons. The van der Waals surface area contributed by atoms with Gasteiger partial charge in [-0.05, 0) is 40.5 Å². The number of hydrogen-bond acceptors (Lipinski definition) is 3. The molecule has 2 aromatic rings. The lowest BCUT2D eigenvalue weighted by Gasteiger charge is -2.08. The van der Waals surface area contributed by atoms with Gasteiger partial charge in [0.05, 0.1) is 0 Å². The number of rotatable bonds is 4. The monoisotopic (exact) mass is 323 g/mol. The van der Waals surface area contributed by atoms with Gasteiger partial charge in [0, 0.05) is 28.8 Å². The molecule has 5 heteroatoms. The van der Waals surface area contributed by atoms with Gasteiger partial charge in [-0.15, -0.1) is 0 Å². The van der Waals surface area contributed by atoms with Gasteiger partial charge in [0.15, 0.2) is 5.82 Å². The smallest absolute Gasteiger partial charge is 0.162 e. The van der Waals surface area contributed by atoms with Crippen LogP contribution in [0.2, 0.25) is 0 Å². The first-order valence-electron chi connectivity index (χ1n) is 6.15. The molecule has 0 radical (unpaired) electrons. The minimum atomic E-state index is -0.283. The Hall–Kier alpha value is -1.49. The second-order valence-corrected chi connectivity index (χ2v) is 5.05. The Morgan fingerprint density at radius 1 is 1.26 bits per heavy atom. The lowest BCUT2D eigenvalue weighted by atomic mass is 10.2. The summed E-state index contributed by atoms with van der Waals surface area (Å²) < 4.78 is 13.8. The van der Waals surface area contributed by atoms with E-state index in [0.717, 1.165) is 29.9 Å². The molecule has 0 amide bonds. The Morgan fingerprint density at radius 2 is 2.05 bits per heavy atom. The summed E-state index contributed by atoms with van der Waals surface area (Å²) in [5, 5.41) is 3.03. The van der Waals surface area contributed by atoms with Gasteiger partial charge < -0.3 is 5.32 Å². The average Bonchev–Trinajstić information content (AvgIpc) is 2.38. The van der Waals surface area contributed by atoms with Crippen LogP contribution >= 0.6 is 15.9 Å². The van der Waals surface area contributed by atoms with Crippen LogP contribution in [0.15, 0.2) is 28.7 Å². The Bertz CT molecular complexity index is 587. The van der Waals surface area contributed by atoms with Crippen molar-refractivity contribution >= 4 is 21.7 Å². The topological polar surface area (TPSA) is 37.8 Å². The molecule has 0 saturated heterocycles. The van der Waals surface area contributed by atoms with Gasteiger partial charge in [0.25, 0.3) is 0 Å². The standard InChI is InChI=1S/C14H15BrFN3/c1-3-4-10-8-13(17-2)19-14(18-10)11-6-5-9(16)7-12(11)15/h5-8H,3-4H2,1-2H3,(H,17,18,19). The number of benzene rings is 1. The molecular formula is C14H15BrFN3. The highest BCUT2D eigenvalue weighted by atomic mass is 79.9. The molecule has 0 saturated carbocycles. The van der Waals surface area contributed by atoms with Crippen molar-refractivity contribution in [2.45, 2.75) is 19.8 Å². The predicted molar refractivity (Wildman–Crippen MR) is 78.7 cm³/mol. The molecule has 0 aliphatic rings. The van der Waals surface area contributed by atoms with Crippen molar-refractivity contribution < 1.29 is 4.39 Å². The maximum atomic E-state index is 13.1. The molecule has 0 aliphatic heterocycles. The van der Waals surface area contributed by atoms with Gasteiger partial charge in [0.2, 0.25) is 0 Å². The lowest BCUT2D eigenvalue weighted by Crippen LogP contribution is -2.01. The average molecular weight is 324 g/mol. The number of aryl methyl sites for hydroxylation is 1. The summed E-state index contributed by atoms with van der Waals surface area (Å²) in [7, 11) is 1.82. The van der Waals surface area contributed by atoms with E-state index in [9.17, 15) is 4.39 Å². The third kappa shape index (κ3) is 3.29. The van der Waals surface area contributed by atoms with Gasteiger partial charge in [-0.1, -0.05) is 13.3 Å². The summed E-state index contributed by atoms with van der Waals surface area (Å²) in [6.45, 7) is 2.11. The molecule has 19 heavy (non-hydrogen) atoms. The van der Waals surface area contributed by atoms with E-state index >= 15 is 0 Å². The Kier molecular flexibility index (Phi) is 4.47. The highest BCUT2D eigenvalue weighted by Crippen LogP contribution is 2.27. The van der Waals surface area contributed by atoms with Crippen LogP contribution in [-0.2, 0) is 6.42 Å². The van der Waals surface area contributed by atoms with Crippen molar-refractivity contribution in [2.24, 2.45) is 0 Å². The Labute approximate surface area is 120 Å². The third-order valence-corrected chi connectivity index (χ3v) is 3.37. The fraction of sp³-hybridized carbons (Fsp3) is 0.286. The zero-order valence-electron chi connectivity index (χ0n) is 10.9. The molecule has 0 atom stereocenters. The summed E-state index contributed by atoms with van der Waals surface area (Å²) in [5.41, 5.74) is 1.77. The number of halogens is 2. The van der Waals surface area contributed by atoms with Crippen molar-refractivity contribution in [1.82, 2.24) is 9.97 Å². The summed E-state index contributed by atoms with van der Waals surface area (Å²) in [6, 6.07) is 6.45. The Balaban J connectivity index is 2.51. The number of nitrogens with one attached hydrogen (secondary N) is 1. The van der Waals surface area contributed by atoms with Gasteiger partial charge in [-0.3, -0.25) is 0 Å². The fourth-order valence-corrected chi connectivity index (χ4v) is 2.33. The number of nitrogens with zero attached hydrogens (tertiary/aromatic N) is 2. The number of anilines is 1. The molecule has 0 fully saturated rings. The van der Waals surface area contributed by atoms with Gasteiger partial charge >= 0.3 is 0 Å². The van der Waals surface area contributed by atoms with Crippen LogP contribution in [0, 0.1) is 5.82 Å². The summed E-state index contributed by atoms with van der Waals surface area (Å²) in [6.07, 6.45) is 1.91. The molecule has 1 heterocycles. The van der Waals surface area contributed by atoms with Crippen molar-refractivity contribution in [3.63, 3.8) is 0 Å². The summed E-state index contributed by atoms with van der Waals surface area (Å²) in [5.74, 6) is 1.08. The molecule has 0 aliphatic carbocycles. The largest absolute Gasteiger partial charge is 0.373 e. The van der Waals surface area contributed by atoms with Crippen molar-refractivity contribution in [3.8, 4) is 11.4 Å². The normalized spacial score (nSPS) is 10.5. The van der Waals surface area contributed by atoms with Crippen LogP contribution in [0.3, 0.4) is 0 Å². The minimum absolute atomic E-state index is 0.283. The second-order valence-electron chi connectivity index (χ2n) is 4.19. The number of hydrogen-bond donors (Lipinski definition) is 1. The minimum Gasteiger partial charge on any atom is -0.373 e. The molecule has 0 bridgehead atoms. The van der Waals surface area contributed by atoms with E-state index in [1.807, 2.05) is 13.1 Å². The highest BCUT2D eigenvalue weighted by Gasteiger charge is 2.10.